The predicted octanol–water partition coefficient (Wildman–Crippen LogP) is 1.39. The van der Waals surface area contributed by atoms with Crippen LogP contribution < -0.4 is 10.6 Å². The molecule has 0 aromatic rings. The number of aliphatic hydroxyl groups excluding tert-OH is 5. The Balaban J connectivity index is 2.76. The van der Waals surface area contributed by atoms with Crippen LogP contribution in [0.5, 0.6) is 0 Å². The second-order valence-corrected chi connectivity index (χ2v) is 13.3. The Labute approximate surface area is 363 Å². The topological polar surface area (TPSA) is 161 Å². The highest BCUT2D eigenvalue weighted by Crippen LogP contribution is 2.23. The van der Waals surface area contributed by atoms with Gasteiger partial charge in [-0.3, -0.25) is 4.79 Å². The molecule has 1 heterocycles. The Bertz CT molecular complexity index is 2160. The average molecular weight is 823 g/mol. The minimum atomic E-state index is -1.62. The normalized spacial score (nSPS) is 17.7. The summed E-state index contributed by atoms with van der Waals surface area (Å²) >= 11 is 0. The van der Waals surface area contributed by atoms with E-state index in [0.717, 1.165) is 19.3 Å². The van der Waals surface area contributed by atoms with Gasteiger partial charge in [0.05, 0.1) is 18.8 Å². The van der Waals surface area contributed by atoms with E-state index in [0.29, 0.717) is 6.42 Å². The third-order valence-corrected chi connectivity index (χ3v) is 8.60. The van der Waals surface area contributed by atoms with E-state index in [9.17, 15) is 30.3 Å². The summed E-state index contributed by atoms with van der Waals surface area (Å²) in [6.45, 7) is 3.62. The largest absolute Gasteiger partial charge is 0.390 e. The van der Waals surface area contributed by atoms with Gasteiger partial charge < -0.3 is 45.6 Å². The molecule has 1 fully saturated rings. The lowest BCUT2D eigenvalue weighted by atomic mass is 9.98. The maximum absolute atomic E-state index is 12.7. The first-order valence-corrected chi connectivity index (χ1v) is 20.3. The maximum Gasteiger partial charge on any atom is 0.297 e. The molecule has 0 aromatic heterocycles. The summed E-state index contributed by atoms with van der Waals surface area (Å²) in [6, 6.07) is -1.19. The molecular weight excluding hydrogens is 769 g/mol. The highest BCUT2D eigenvalue weighted by molar-refractivity contribution is 5.94. The summed E-state index contributed by atoms with van der Waals surface area (Å²) in [6.07, 6.45) is 4.56. The third kappa shape index (κ3) is 27.3. The summed E-state index contributed by atoms with van der Waals surface area (Å²) in [4.78, 5) is 12.7. The number of hydrogen-bond donors (Lipinski definition) is 7. The first-order valence-electron chi connectivity index (χ1n) is 20.3. The van der Waals surface area contributed by atoms with Gasteiger partial charge in [-0.15, -0.1) is 0 Å². The number of unbranched alkanes of at least 4 members (excludes halogenated alkanes) is 11. The van der Waals surface area contributed by atoms with Crippen LogP contribution in [0.4, 0.5) is 0 Å². The molecule has 10 heteroatoms. The van der Waals surface area contributed by atoms with E-state index in [1.807, 2.05) is 0 Å². The van der Waals surface area contributed by atoms with E-state index in [4.69, 9.17) is 9.47 Å². The van der Waals surface area contributed by atoms with Gasteiger partial charge in [-0.25, -0.2) is 0 Å². The van der Waals surface area contributed by atoms with Crippen molar-refractivity contribution in [1.82, 2.24) is 10.6 Å². The van der Waals surface area contributed by atoms with E-state index < -0.39 is 61.5 Å². The SMILES string of the molecule is CC#CC#CC#CC#CC#CC#CC#CC#CC#CC#CC#CC#CC(=O)N[C@@H](COC1OC(CNC)C(O)C(O)C1O)[C@H](O)[C@@H](O)CCCCCCCCCCCCCC. The molecule has 5 unspecified atom stereocenters. The lowest BCUT2D eigenvalue weighted by molar-refractivity contribution is -0.297. The van der Waals surface area contributed by atoms with Crippen LogP contribution in [0.25, 0.3) is 0 Å². The number of amides is 1. The minimum Gasteiger partial charge on any atom is -0.390 e. The lowest BCUT2D eigenvalue weighted by Crippen LogP contribution is -2.61. The smallest absolute Gasteiger partial charge is 0.297 e. The summed E-state index contributed by atoms with van der Waals surface area (Å²) in [5, 5.41) is 58.4. The standard InChI is InChI=1S/C51H54N2O8/c1-4-6-8-10-12-14-16-18-19-20-21-22-23-24-25-26-27-28-30-32-34-36-38-40-46(55)53-43(42-60-51-50(59)49(58)48(57)45(61-51)41-52-3)47(56)44(54)39-37-35-33-31-29-17-15-13-11-9-7-5-2/h43-45,47-52,54,56-59H,5,7,9,11,13,15,17,29,31,33,35,37,39,41-42H2,1-3H3,(H,53,55)/t43-,44-,45?,47-,48?,49?,50?,51?/m0/s1. The summed E-state index contributed by atoms with van der Waals surface area (Å²) in [7, 11) is 1.63. The van der Waals surface area contributed by atoms with Gasteiger partial charge in [-0.1, -0.05) is 89.9 Å². The van der Waals surface area contributed by atoms with Crippen molar-refractivity contribution < 1.29 is 39.8 Å². The molecule has 0 aliphatic carbocycles. The van der Waals surface area contributed by atoms with Crippen LogP contribution >= 0.6 is 0 Å². The Kier molecular flexibility index (Phi) is 32.0. The first kappa shape index (κ1) is 52.9. The van der Waals surface area contributed by atoms with Crippen LogP contribution in [0.2, 0.25) is 0 Å². The minimum absolute atomic E-state index is 0.152. The van der Waals surface area contributed by atoms with Crippen LogP contribution in [0.15, 0.2) is 0 Å². The van der Waals surface area contributed by atoms with Crippen molar-refractivity contribution in [2.24, 2.45) is 0 Å². The van der Waals surface area contributed by atoms with Crippen LogP contribution in [-0.2, 0) is 14.3 Å². The number of likely N-dealkylation sites (N-methyl/N-ethyl adjacent to an activating group) is 1. The van der Waals surface area contributed by atoms with E-state index in [1.165, 1.54) is 51.4 Å². The molecule has 0 spiro atoms. The molecule has 0 radical (unpaired) electrons. The van der Waals surface area contributed by atoms with Crippen molar-refractivity contribution in [3.63, 3.8) is 0 Å². The molecule has 1 rings (SSSR count). The molecule has 0 saturated carbocycles. The zero-order valence-corrected chi connectivity index (χ0v) is 35.2. The quantitative estimate of drug-likeness (QED) is 0.0671. The second-order valence-electron chi connectivity index (χ2n) is 13.3. The highest BCUT2D eigenvalue weighted by atomic mass is 16.7. The summed E-state index contributed by atoms with van der Waals surface area (Å²) < 4.78 is 11.3. The molecule has 1 amide bonds. The molecule has 10 nitrogen and oxygen atoms in total. The Morgan fingerprint density at radius 1 is 0.590 bits per heavy atom. The van der Waals surface area contributed by atoms with E-state index >= 15 is 0 Å². The van der Waals surface area contributed by atoms with Crippen molar-refractivity contribution in [3.05, 3.63) is 0 Å². The van der Waals surface area contributed by atoms with Gasteiger partial charge in [0, 0.05) is 48.0 Å². The summed E-state index contributed by atoms with van der Waals surface area (Å²) in [5.41, 5.74) is 0. The van der Waals surface area contributed by atoms with Gasteiger partial charge >= 0.3 is 0 Å². The van der Waals surface area contributed by atoms with Gasteiger partial charge in [0.2, 0.25) is 0 Å². The molecular formula is C51H54N2O8. The van der Waals surface area contributed by atoms with Crippen LogP contribution in [0, 0.1) is 142 Å². The Morgan fingerprint density at radius 2 is 1.00 bits per heavy atom. The second kappa shape index (κ2) is 36.9. The number of carbonyl (C=O) groups is 1. The van der Waals surface area contributed by atoms with E-state index in [1.54, 1.807) is 14.0 Å². The van der Waals surface area contributed by atoms with Gasteiger partial charge in [-0.05, 0) is 115 Å². The molecule has 0 aromatic carbocycles. The van der Waals surface area contributed by atoms with Crippen molar-refractivity contribution in [1.29, 1.82) is 0 Å². The Morgan fingerprint density at radius 3 is 1.43 bits per heavy atom. The monoisotopic (exact) mass is 822 g/mol. The molecule has 316 valence electrons. The number of hydrogen-bond acceptors (Lipinski definition) is 9. The fourth-order valence-electron chi connectivity index (χ4n) is 5.46. The molecule has 7 N–H and O–H groups in total. The average Bonchev–Trinajstić information content (AvgIpc) is 3.25. The molecule has 8 atom stereocenters. The fourth-order valence-corrected chi connectivity index (χ4v) is 5.46. The molecule has 1 aliphatic heterocycles. The van der Waals surface area contributed by atoms with Crippen LogP contribution in [0.3, 0.4) is 0 Å². The number of aliphatic hydroxyl groups is 5. The Hall–Kier alpha value is -6.13. The van der Waals surface area contributed by atoms with Gasteiger partial charge in [0.15, 0.2) is 6.29 Å². The number of carbonyl (C=O) groups excluding carboxylic acids is 1. The first-order chi connectivity index (χ1) is 29.8. The third-order valence-electron chi connectivity index (χ3n) is 8.60. The van der Waals surface area contributed by atoms with Gasteiger partial charge in [-0.2, -0.15) is 0 Å². The zero-order chi connectivity index (χ0) is 44.6. The van der Waals surface area contributed by atoms with Gasteiger partial charge in [0.25, 0.3) is 5.91 Å². The molecule has 61 heavy (non-hydrogen) atoms. The zero-order valence-electron chi connectivity index (χ0n) is 35.2. The number of nitrogens with one attached hydrogen (secondary N) is 2. The lowest BCUT2D eigenvalue weighted by Gasteiger charge is -2.41. The highest BCUT2D eigenvalue weighted by Gasteiger charge is 2.44. The maximum atomic E-state index is 12.7. The van der Waals surface area contributed by atoms with Crippen molar-refractivity contribution >= 4 is 5.91 Å². The molecule has 1 aliphatic rings. The predicted molar refractivity (Wildman–Crippen MR) is 235 cm³/mol. The van der Waals surface area contributed by atoms with E-state index in [2.05, 4.69) is 160 Å². The van der Waals surface area contributed by atoms with E-state index in [-0.39, 0.29) is 13.0 Å². The number of rotatable bonds is 21. The fraction of sp³-hybridized carbons (Fsp3) is 0.510. The summed E-state index contributed by atoms with van der Waals surface area (Å²) in [5.74, 6) is 58.7. The molecule has 0 bridgehead atoms. The van der Waals surface area contributed by atoms with Crippen LogP contribution in [-0.4, -0.2) is 101 Å². The van der Waals surface area contributed by atoms with Crippen molar-refractivity contribution in [2.75, 3.05) is 20.2 Å². The molecule has 1 saturated heterocycles. The van der Waals surface area contributed by atoms with Crippen molar-refractivity contribution in [2.45, 2.75) is 146 Å². The van der Waals surface area contributed by atoms with Crippen molar-refractivity contribution in [3.8, 4) is 142 Å². The number of ether oxygens (including phenoxy) is 2. The van der Waals surface area contributed by atoms with Crippen LogP contribution in [0.1, 0.15) is 97.3 Å². The van der Waals surface area contributed by atoms with Gasteiger partial charge in [0.1, 0.15) is 30.5 Å².